The summed E-state index contributed by atoms with van der Waals surface area (Å²) >= 11 is 0. The molecule has 4 nitrogen and oxygen atoms in total. The fourth-order valence-corrected chi connectivity index (χ4v) is 2.04. The Morgan fingerprint density at radius 1 is 1.32 bits per heavy atom. The summed E-state index contributed by atoms with van der Waals surface area (Å²) in [6, 6.07) is 7.80. The summed E-state index contributed by atoms with van der Waals surface area (Å²) in [5.41, 5.74) is 0.815. The van der Waals surface area contributed by atoms with Gasteiger partial charge in [-0.05, 0) is 25.1 Å². The van der Waals surface area contributed by atoms with Gasteiger partial charge in [0.05, 0.1) is 7.11 Å². The maximum absolute atomic E-state index is 5.83. The lowest BCUT2D eigenvalue weighted by molar-refractivity contribution is 0.414. The highest BCUT2D eigenvalue weighted by atomic mass is 35.5. The fraction of sp³-hybridized carbons (Fsp3) is 0.214. The molecule has 0 aliphatic carbocycles. The number of benzene rings is 1. The molecular weight excluding hydrogens is 264 g/mol. The van der Waals surface area contributed by atoms with Gasteiger partial charge in [-0.1, -0.05) is 0 Å². The van der Waals surface area contributed by atoms with Gasteiger partial charge >= 0.3 is 0 Å². The van der Waals surface area contributed by atoms with E-state index in [2.05, 4.69) is 16.5 Å². The second kappa shape index (κ2) is 5.36. The third kappa shape index (κ3) is 2.31. The van der Waals surface area contributed by atoms with Gasteiger partial charge in [-0.3, -0.25) is 0 Å². The number of furan rings is 1. The van der Waals surface area contributed by atoms with Crippen LogP contribution in [0.1, 0.15) is 6.92 Å². The van der Waals surface area contributed by atoms with Crippen LogP contribution >= 0.6 is 12.4 Å². The minimum Gasteiger partial charge on any atom is -0.497 e. The smallest absolute Gasteiger partial charge is 0.176 e. The Morgan fingerprint density at radius 2 is 2.16 bits per heavy atom. The molecule has 19 heavy (non-hydrogen) atoms. The third-order valence-electron chi connectivity index (χ3n) is 3.00. The number of hydrogen-bond donors (Lipinski definition) is 0. The number of imidazole rings is 1. The van der Waals surface area contributed by atoms with E-state index in [4.69, 9.17) is 9.15 Å². The van der Waals surface area contributed by atoms with Gasteiger partial charge in [-0.15, -0.1) is 12.4 Å². The number of aryl methyl sites for hydroxylation is 1. The lowest BCUT2D eigenvalue weighted by Crippen LogP contribution is -1.94. The standard InChI is InChI=1S/C14H14N2O2.ClH/c1-3-16-7-6-15-14(16)13-8-10-4-5-11(17-2)9-12(10)18-13;/h4-9H,3H2,1-2H3;1H. The van der Waals surface area contributed by atoms with Crippen LogP contribution in [0.3, 0.4) is 0 Å². The van der Waals surface area contributed by atoms with Crippen LogP contribution in [0.4, 0.5) is 0 Å². The van der Waals surface area contributed by atoms with E-state index in [-0.39, 0.29) is 12.4 Å². The molecular formula is C14H15ClN2O2. The second-order valence-corrected chi connectivity index (χ2v) is 4.05. The number of fused-ring (bicyclic) bond motifs is 1. The van der Waals surface area contributed by atoms with E-state index in [1.807, 2.05) is 30.5 Å². The van der Waals surface area contributed by atoms with Gasteiger partial charge in [-0.2, -0.15) is 0 Å². The zero-order chi connectivity index (χ0) is 12.5. The van der Waals surface area contributed by atoms with Crippen LogP contribution < -0.4 is 4.74 Å². The summed E-state index contributed by atoms with van der Waals surface area (Å²) in [5.74, 6) is 2.43. The molecule has 0 unspecified atom stereocenters. The molecule has 0 radical (unpaired) electrons. The predicted octanol–water partition coefficient (Wildman–Crippen LogP) is 3.75. The molecule has 0 amide bonds. The molecule has 0 fully saturated rings. The van der Waals surface area contributed by atoms with Crippen molar-refractivity contribution in [2.75, 3.05) is 7.11 Å². The van der Waals surface area contributed by atoms with Crippen molar-refractivity contribution in [3.63, 3.8) is 0 Å². The van der Waals surface area contributed by atoms with Crippen LogP contribution in [0.25, 0.3) is 22.6 Å². The molecule has 0 aliphatic heterocycles. The zero-order valence-electron chi connectivity index (χ0n) is 10.8. The Kier molecular flexibility index (Phi) is 3.81. The minimum atomic E-state index is 0. The number of halogens is 1. The normalized spacial score (nSPS) is 10.4. The first kappa shape index (κ1) is 13.5. The number of nitrogens with zero attached hydrogens (tertiary/aromatic N) is 2. The second-order valence-electron chi connectivity index (χ2n) is 4.05. The monoisotopic (exact) mass is 278 g/mol. The Morgan fingerprint density at radius 3 is 2.89 bits per heavy atom. The maximum Gasteiger partial charge on any atom is 0.176 e. The van der Waals surface area contributed by atoms with Gasteiger partial charge in [0.25, 0.3) is 0 Å². The molecule has 0 saturated heterocycles. The maximum atomic E-state index is 5.83. The summed E-state index contributed by atoms with van der Waals surface area (Å²) in [6.45, 7) is 2.95. The molecule has 0 aliphatic rings. The Hall–Kier alpha value is -1.94. The van der Waals surface area contributed by atoms with Crippen molar-refractivity contribution >= 4 is 23.4 Å². The Bertz CT molecular complexity index is 688. The average Bonchev–Trinajstić information content (AvgIpc) is 3.03. The van der Waals surface area contributed by atoms with E-state index in [0.717, 1.165) is 34.8 Å². The van der Waals surface area contributed by atoms with Gasteiger partial charge in [0, 0.05) is 30.4 Å². The van der Waals surface area contributed by atoms with Crippen molar-refractivity contribution < 1.29 is 9.15 Å². The Balaban J connectivity index is 0.00000133. The van der Waals surface area contributed by atoms with Crippen LogP contribution in [0.2, 0.25) is 0 Å². The fourth-order valence-electron chi connectivity index (χ4n) is 2.04. The van der Waals surface area contributed by atoms with Crippen molar-refractivity contribution in [3.8, 4) is 17.3 Å². The van der Waals surface area contributed by atoms with E-state index >= 15 is 0 Å². The zero-order valence-corrected chi connectivity index (χ0v) is 11.6. The molecule has 0 bridgehead atoms. The lowest BCUT2D eigenvalue weighted by atomic mass is 10.2. The van der Waals surface area contributed by atoms with E-state index < -0.39 is 0 Å². The summed E-state index contributed by atoms with van der Waals surface area (Å²) < 4.78 is 13.1. The lowest BCUT2D eigenvalue weighted by Gasteiger charge is -2.00. The molecule has 0 N–H and O–H groups in total. The third-order valence-corrected chi connectivity index (χ3v) is 3.00. The van der Waals surface area contributed by atoms with Crippen molar-refractivity contribution in [2.45, 2.75) is 13.5 Å². The van der Waals surface area contributed by atoms with Gasteiger partial charge < -0.3 is 13.7 Å². The van der Waals surface area contributed by atoms with Gasteiger partial charge in [0.2, 0.25) is 0 Å². The molecule has 3 rings (SSSR count). The van der Waals surface area contributed by atoms with E-state index in [0.29, 0.717) is 0 Å². The van der Waals surface area contributed by atoms with E-state index in [1.54, 1.807) is 13.3 Å². The highest BCUT2D eigenvalue weighted by Crippen LogP contribution is 2.29. The highest BCUT2D eigenvalue weighted by molar-refractivity contribution is 5.85. The van der Waals surface area contributed by atoms with Crippen LogP contribution in [-0.2, 0) is 6.54 Å². The molecule has 3 aromatic rings. The van der Waals surface area contributed by atoms with Crippen LogP contribution in [0.15, 0.2) is 41.1 Å². The number of methoxy groups -OCH3 is 1. The number of hydrogen-bond acceptors (Lipinski definition) is 3. The quantitative estimate of drug-likeness (QED) is 0.733. The molecule has 0 saturated carbocycles. The first-order valence-corrected chi connectivity index (χ1v) is 5.91. The summed E-state index contributed by atoms with van der Waals surface area (Å²) in [5, 5.41) is 1.05. The van der Waals surface area contributed by atoms with Crippen molar-refractivity contribution in [1.29, 1.82) is 0 Å². The topological polar surface area (TPSA) is 40.2 Å². The molecule has 100 valence electrons. The number of aromatic nitrogens is 2. The van der Waals surface area contributed by atoms with Crippen LogP contribution in [0, 0.1) is 0 Å². The molecule has 2 aromatic heterocycles. The molecule has 1 aromatic carbocycles. The molecule has 0 spiro atoms. The van der Waals surface area contributed by atoms with E-state index in [1.165, 1.54) is 0 Å². The van der Waals surface area contributed by atoms with Gasteiger partial charge in [0.15, 0.2) is 11.6 Å². The number of ether oxygens (including phenoxy) is 1. The number of rotatable bonds is 3. The molecule has 0 atom stereocenters. The van der Waals surface area contributed by atoms with Crippen molar-refractivity contribution in [3.05, 3.63) is 36.7 Å². The molecule has 2 heterocycles. The van der Waals surface area contributed by atoms with Crippen LogP contribution in [-0.4, -0.2) is 16.7 Å². The largest absolute Gasteiger partial charge is 0.497 e. The highest BCUT2D eigenvalue weighted by Gasteiger charge is 2.11. The Labute approximate surface area is 117 Å². The SMILES string of the molecule is CCn1ccnc1-c1cc2ccc(OC)cc2o1.Cl. The van der Waals surface area contributed by atoms with E-state index in [9.17, 15) is 0 Å². The molecule has 5 heteroatoms. The average molecular weight is 279 g/mol. The summed E-state index contributed by atoms with van der Waals surface area (Å²) in [7, 11) is 1.65. The van der Waals surface area contributed by atoms with Crippen molar-refractivity contribution in [2.24, 2.45) is 0 Å². The van der Waals surface area contributed by atoms with Gasteiger partial charge in [0.1, 0.15) is 11.3 Å². The summed E-state index contributed by atoms with van der Waals surface area (Å²) in [4.78, 5) is 4.33. The first-order valence-electron chi connectivity index (χ1n) is 5.91. The van der Waals surface area contributed by atoms with Crippen LogP contribution in [0.5, 0.6) is 5.75 Å². The first-order chi connectivity index (χ1) is 8.81. The van der Waals surface area contributed by atoms with Gasteiger partial charge in [-0.25, -0.2) is 4.98 Å². The predicted molar refractivity (Wildman–Crippen MR) is 76.9 cm³/mol. The van der Waals surface area contributed by atoms with Crippen molar-refractivity contribution in [1.82, 2.24) is 9.55 Å². The summed E-state index contributed by atoms with van der Waals surface area (Å²) in [6.07, 6.45) is 3.73. The minimum absolute atomic E-state index is 0.